The summed E-state index contributed by atoms with van der Waals surface area (Å²) >= 11 is 3.11. The number of hydrazone groups is 1. The highest BCUT2D eigenvalue weighted by atomic mass is 79.9. The maximum absolute atomic E-state index is 10.7. The largest absolute Gasteiger partial charge is 0.477 e. The second kappa shape index (κ2) is 5.39. The van der Waals surface area contributed by atoms with Crippen LogP contribution in [-0.4, -0.2) is 21.7 Å². The molecule has 0 saturated heterocycles. The number of halogens is 1. The molecule has 0 aliphatic rings. The minimum absolute atomic E-state index is 0.124. The summed E-state index contributed by atoms with van der Waals surface area (Å²) in [6.07, 6.45) is 0. The summed E-state index contributed by atoms with van der Waals surface area (Å²) in [5.41, 5.74) is 2.09. The highest BCUT2D eigenvalue weighted by Gasteiger charge is 2.14. The number of nitrogens with zero attached hydrogens (tertiary/aromatic N) is 2. The second-order valence-corrected chi connectivity index (χ2v) is 3.95. The quantitative estimate of drug-likeness (QED) is 0.504. The molecule has 0 unspecified atom stereocenters. The van der Waals surface area contributed by atoms with Gasteiger partial charge in [-0.3, -0.25) is 15.5 Å². The van der Waals surface area contributed by atoms with E-state index in [-0.39, 0.29) is 17.1 Å². The van der Waals surface area contributed by atoms with Crippen molar-refractivity contribution in [1.82, 2.24) is 0 Å². The molecule has 0 aromatic heterocycles. The van der Waals surface area contributed by atoms with Crippen LogP contribution in [0.3, 0.4) is 0 Å². The standard InChI is InChI=1S/C9H8BrN3O4/c1-5(9(14)15)11-12-7-3-2-6(10)4-8(7)13(16)17/h2-4,12H,1H3,(H,14,15)/b11-5-. The van der Waals surface area contributed by atoms with Crippen LogP contribution in [0.5, 0.6) is 0 Å². The second-order valence-electron chi connectivity index (χ2n) is 3.03. The first-order chi connectivity index (χ1) is 7.91. The molecule has 1 aromatic carbocycles. The minimum atomic E-state index is -1.20. The highest BCUT2D eigenvalue weighted by molar-refractivity contribution is 9.10. The average Bonchev–Trinajstić information content (AvgIpc) is 2.26. The lowest BCUT2D eigenvalue weighted by Crippen LogP contribution is -2.10. The van der Waals surface area contributed by atoms with Gasteiger partial charge in [0.25, 0.3) is 5.69 Å². The van der Waals surface area contributed by atoms with Gasteiger partial charge in [-0.15, -0.1) is 0 Å². The Labute approximate surface area is 104 Å². The van der Waals surface area contributed by atoms with E-state index in [0.29, 0.717) is 4.47 Å². The number of aliphatic carboxylic acids is 1. The molecule has 0 amide bonds. The lowest BCUT2D eigenvalue weighted by Gasteiger charge is -2.02. The third-order valence-corrected chi connectivity index (χ3v) is 2.30. The van der Waals surface area contributed by atoms with E-state index in [1.165, 1.54) is 19.1 Å². The number of nitro benzene ring substituents is 1. The van der Waals surface area contributed by atoms with E-state index >= 15 is 0 Å². The third-order valence-electron chi connectivity index (χ3n) is 1.81. The van der Waals surface area contributed by atoms with Crippen molar-refractivity contribution in [3.63, 3.8) is 0 Å². The summed E-state index contributed by atoms with van der Waals surface area (Å²) in [6.45, 7) is 1.28. The number of benzene rings is 1. The van der Waals surface area contributed by atoms with Crippen molar-refractivity contribution in [2.45, 2.75) is 6.92 Å². The number of carbonyl (C=O) groups is 1. The molecule has 0 radical (unpaired) electrons. The van der Waals surface area contributed by atoms with Crippen LogP contribution in [0.4, 0.5) is 11.4 Å². The van der Waals surface area contributed by atoms with E-state index in [2.05, 4.69) is 26.5 Å². The predicted molar refractivity (Wildman–Crippen MR) is 65.2 cm³/mol. The molecule has 0 fully saturated rings. The number of hydrogen-bond donors (Lipinski definition) is 2. The molecule has 2 N–H and O–H groups in total. The summed E-state index contributed by atoms with van der Waals surface area (Å²) in [5, 5.41) is 22.8. The molecule has 0 heterocycles. The number of rotatable bonds is 4. The molecule has 0 spiro atoms. The molecule has 0 aliphatic heterocycles. The van der Waals surface area contributed by atoms with Crippen LogP contribution in [0.2, 0.25) is 0 Å². The summed E-state index contributed by atoms with van der Waals surface area (Å²) in [5.74, 6) is -1.20. The van der Waals surface area contributed by atoms with Gasteiger partial charge in [-0.1, -0.05) is 15.9 Å². The van der Waals surface area contributed by atoms with Crippen LogP contribution in [0.1, 0.15) is 6.92 Å². The number of carboxylic acid groups (broad SMARTS) is 1. The summed E-state index contributed by atoms with van der Waals surface area (Å²) < 4.78 is 0.550. The molecule has 90 valence electrons. The Balaban J connectivity index is 3.03. The van der Waals surface area contributed by atoms with Crippen molar-refractivity contribution in [1.29, 1.82) is 0 Å². The highest BCUT2D eigenvalue weighted by Crippen LogP contribution is 2.27. The van der Waals surface area contributed by atoms with Gasteiger partial charge >= 0.3 is 5.97 Å². The fourth-order valence-electron chi connectivity index (χ4n) is 0.942. The van der Waals surface area contributed by atoms with Gasteiger partial charge in [0.05, 0.1) is 4.92 Å². The van der Waals surface area contributed by atoms with E-state index in [1.54, 1.807) is 6.07 Å². The third kappa shape index (κ3) is 3.52. The lowest BCUT2D eigenvalue weighted by molar-refractivity contribution is -0.384. The maximum Gasteiger partial charge on any atom is 0.351 e. The SMILES string of the molecule is C/C(=N/Nc1ccc(Br)cc1[N+](=O)[O-])C(=O)O. The molecular formula is C9H8BrN3O4. The van der Waals surface area contributed by atoms with Gasteiger partial charge in [-0.05, 0) is 19.1 Å². The van der Waals surface area contributed by atoms with Crippen molar-refractivity contribution in [3.8, 4) is 0 Å². The summed E-state index contributed by atoms with van der Waals surface area (Å²) in [7, 11) is 0. The Kier molecular flexibility index (Phi) is 4.16. The fourth-order valence-corrected chi connectivity index (χ4v) is 1.29. The molecule has 1 aromatic rings. The Hall–Kier alpha value is -1.96. The van der Waals surface area contributed by atoms with Gasteiger partial charge < -0.3 is 5.11 Å². The van der Waals surface area contributed by atoms with Crippen LogP contribution in [0.25, 0.3) is 0 Å². The molecule has 0 bridgehead atoms. The monoisotopic (exact) mass is 301 g/mol. The topological polar surface area (TPSA) is 105 Å². The molecular weight excluding hydrogens is 294 g/mol. The van der Waals surface area contributed by atoms with Crippen LogP contribution < -0.4 is 5.43 Å². The number of nitro groups is 1. The first kappa shape index (κ1) is 13.1. The van der Waals surface area contributed by atoms with E-state index in [9.17, 15) is 14.9 Å². The van der Waals surface area contributed by atoms with Gasteiger partial charge in [-0.2, -0.15) is 5.10 Å². The fraction of sp³-hybridized carbons (Fsp3) is 0.111. The van der Waals surface area contributed by atoms with Crippen molar-refractivity contribution in [3.05, 3.63) is 32.8 Å². The van der Waals surface area contributed by atoms with E-state index in [4.69, 9.17) is 5.11 Å². The summed E-state index contributed by atoms with van der Waals surface area (Å²) in [6, 6.07) is 4.32. The molecule has 7 nitrogen and oxygen atoms in total. The first-order valence-electron chi connectivity index (χ1n) is 4.39. The maximum atomic E-state index is 10.7. The lowest BCUT2D eigenvalue weighted by atomic mass is 10.3. The normalized spacial score (nSPS) is 11.1. The first-order valence-corrected chi connectivity index (χ1v) is 5.18. The number of anilines is 1. The number of hydrogen-bond acceptors (Lipinski definition) is 5. The Bertz CT molecular complexity index is 501. The van der Waals surface area contributed by atoms with Gasteiger partial charge in [0.15, 0.2) is 0 Å². The Morgan fingerprint density at radius 3 is 2.76 bits per heavy atom. The van der Waals surface area contributed by atoms with E-state index < -0.39 is 10.9 Å². The number of carboxylic acids is 1. The average molecular weight is 302 g/mol. The van der Waals surface area contributed by atoms with Crippen molar-refractivity contribution < 1.29 is 14.8 Å². The van der Waals surface area contributed by atoms with Crippen LogP contribution in [0, 0.1) is 10.1 Å². The van der Waals surface area contributed by atoms with Gasteiger partial charge in [0.2, 0.25) is 0 Å². The Morgan fingerprint density at radius 2 is 2.24 bits per heavy atom. The molecule has 1 rings (SSSR count). The minimum Gasteiger partial charge on any atom is -0.477 e. The van der Waals surface area contributed by atoms with E-state index in [1.807, 2.05) is 0 Å². The number of nitrogens with one attached hydrogen (secondary N) is 1. The van der Waals surface area contributed by atoms with Crippen molar-refractivity contribution >= 4 is 39.0 Å². The zero-order valence-electron chi connectivity index (χ0n) is 8.68. The van der Waals surface area contributed by atoms with Gasteiger partial charge in [0.1, 0.15) is 11.4 Å². The molecule has 17 heavy (non-hydrogen) atoms. The molecule has 0 saturated carbocycles. The Morgan fingerprint density at radius 1 is 1.59 bits per heavy atom. The van der Waals surface area contributed by atoms with Crippen LogP contribution in [0.15, 0.2) is 27.8 Å². The van der Waals surface area contributed by atoms with Crippen LogP contribution >= 0.6 is 15.9 Å². The summed E-state index contributed by atoms with van der Waals surface area (Å²) in [4.78, 5) is 20.6. The van der Waals surface area contributed by atoms with Crippen molar-refractivity contribution in [2.24, 2.45) is 5.10 Å². The molecule has 0 aliphatic carbocycles. The van der Waals surface area contributed by atoms with E-state index in [0.717, 1.165) is 0 Å². The zero-order chi connectivity index (χ0) is 13.0. The zero-order valence-corrected chi connectivity index (χ0v) is 10.3. The van der Waals surface area contributed by atoms with Gasteiger partial charge in [-0.25, -0.2) is 4.79 Å². The molecule has 8 heteroatoms. The smallest absolute Gasteiger partial charge is 0.351 e. The predicted octanol–water partition coefficient (Wildman–Crippen LogP) is 2.23. The van der Waals surface area contributed by atoms with Gasteiger partial charge in [0, 0.05) is 10.5 Å². The van der Waals surface area contributed by atoms with Crippen molar-refractivity contribution in [2.75, 3.05) is 5.43 Å². The molecule has 0 atom stereocenters. The van der Waals surface area contributed by atoms with Crippen LogP contribution in [-0.2, 0) is 4.79 Å².